The van der Waals surface area contributed by atoms with Crippen LogP contribution in [0.1, 0.15) is 54.5 Å². The SMILES string of the molecule is Cc1nc(NC(=O)c2ccc(F)cc2)sc1CCCCN1C(=O)c2ccccc2C1=O. The summed E-state index contributed by atoms with van der Waals surface area (Å²) in [7, 11) is 0. The Hall–Kier alpha value is -3.39. The van der Waals surface area contributed by atoms with Gasteiger partial charge in [0, 0.05) is 17.0 Å². The molecule has 4 rings (SSSR count). The van der Waals surface area contributed by atoms with E-state index in [1.54, 1.807) is 24.3 Å². The van der Waals surface area contributed by atoms with Crippen molar-refractivity contribution in [2.24, 2.45) is 0 Å². The van der Waals surface area contributed by atoms with Crippen molar-refractivity contribution >= 4 is 34.2 Å². The van der Waals surface area contributed by atoms with Crippen molar-refractivity contribution in [3.8, 4) is 0 Å². The minimum Gasteiger partial charge on any atom is -0.298 e. The van der Waals surface area contributed by atoms with E-state index in [0.29, 0.717) is 34.8 Å². The maximum absolute atomic E-state index is 13.0. The largest absolute Gasteiger partial charge is 0.298 e. The van der Waals surface area contributed by atoms with Gasteiger partial charge >= 0.3 is 0 Å². The molecule has 0 atom stereocenters. The topological polar surface area (TPSA) is 79.4 Å². The lowest BCUT2D eigenvalue weighted by atomic mass is 10.1. The summed E-state index contributed by atoms with van der Waals surface area (Å²) in [5, 5.41) is 3.23. The van der Waals surface area contributed by atoms with Crippen LogP contribution in [-0.2, 0) is 6.42 Å². The number of fused-ring (bicyclic) bond motifs is 1. The number of amides is 3. The molecule has 3 aromatic rings. The highest BCUT2D eigenvalue weighted by Crippen LogP contribution is 2.26. The van der Waals surface area contributed by atoms with Crippen LogP contribution >= 0.6 is 11.3 Å². The van der Waals surface area contributed by atoms with Gasteiger partial charge in [-0.15, -0.1) is 11.3 Å². The molecule has 0 radical (unpaired) electrons. The Morgan fingerprint density at radius 3 is 2.32 bits per heavy atom. The molecule has 1 aliphatic heterocycles. The predicted octanol–water partition coefficient (Wildman–Crippen LogP) is 4.46. The van der Waals surface area contributed by atoms with Gasteiger partial charge in [0.15, 0.2) is 5.13 Å². The van der Waals surface area contributed by atoms with Crippen molar-refractivity contribution in [1.29, 1.82) is 0 Å². The molecule has 1 N–H and O–H groups in total. The predicted molar refractivity (Wildman–Crippen MR) is 116 cm³/mol. The molecule has 1 aliphatic rings. The number of anilines is 1. The van der Waals surface area contributed by atoms with E-state index in [9.17, 15) is 18.8 Å². The van der Waals surface area contributed by atoms with E-state index in [1.165, 1.54) is 40.5 Å². The van der Waals surface area contributed by atoms with Crippen LogP contribution in [-0.4, -0.2) is 34.2 Å². The van der Waals surface area contributed by atoms with Crippen LogP contribution in [0.15, 0.2) is 48.5 Å². The third kappa shape index (κ3) is 4.39. The fourth-order valence-corrected chi connectivity index (χ4v) is 4.48. The molecule has 2 aromatic carbocycles. The lowest BCUT2D eigenvalue weighted by Gasteiger charge is -2.13. The first-order chi connectivity index (χ1) is 14.9. The molecular weight excluding hydrogens is 417 g/mol. The lowest BCUT2D eigenvalue weighted by molar-refractivity contribution is 0.0651. The van der Waals surface area contributed by atoms with Gasteiger partial charge in [-0.25, -0.2) is 9.37 Å². The number of aromatic nitrogens is 1. The zero-order valence-corrected chi connectivity index (χ0v) is 17.7. The standard InChI is InChI=1S/C23H20FN3O3S/c1-14-19(31-23(25-14)26-20(28)15-9-11-16(24)12-10-15)8-4-5-13-27-21(29)17-6-2-3-7-18(17)22(27)30/h2-3,6-7,9-12H,4-5,8,13H2,1H3,(H,25,26,28). The Bertz CT molecular complexity index is 1120. The van der Waals surface area contributed by atoms with Crippen molar-refractivity contribution in [3.05, 3.63) is 81.6 Å². The van der Waals surface area contributed by atoms with Gasteiger partial charge in [0.05, 0.1) is 16.8 Å². The number of nitrogens with zero attached hydrogens (tertiary/aromatic N) is 2. The molecule has 0 saturated carbocycles. The first-order valence-corrected chi connectivity index (χ1v) is 10.7. The van der Waals surface area contributed by atoms with Gasteiger partial charge in [-0.2, -0.15) is 0 Å². The van der Waals surface area contributed by atoms with Crippen LogP contribution in [0.25, 0.3) is 0 Å². The maximum Gasteiger partial charge on any atom is 0.261 e. The molecule has 0 spiro atoms. The highest BCUT2D eigenvalue weighted by molar-refractivity contribution is 7.15. The lowest BCUT2D eigenvalue weighted by Crippen LogP contribution is -2.30. The van der Waals surface area contributed by atoms with Gasteiger partial charge in [-0.1, -0.05) is 12.1 Å². The van der Waals surface area contributed by atoms with E-state index in [4.69, 9.17) is 0 Å². The number of nitrogens with one attached hydrogen (secondary N) is 1. The Labute approximate surface area is 182 Å². The molecule has 0 saturated heterocycles. The van der Waals surface area contributed by atoms with Gasteiger partial charge in [-0.05, 0) is 62.6 Å². The van der Waals surface area contributed by atoms with E-state index in [1.807, 2.05) is 6.92 Å². The number of aryl methyl sites for hydroxylation is 2. The molecule has 0 unspecified atom stereocenters. The zero-order chi connectivity index (χ0) is 22.0. The van der Waals surface area contributed by atoms with Crippen LogP contribution in [0, 0.1) is 12.7 Å². The maximum atomic E-state index is 13.0. The second-order valence-electron chi connectivity index (χ2n) is 7.25. The Morgan fingerprint density at radius 2 is 1.68 bits per heavy atom. The van der Waals surface area contributed by atoms with Crippen LogP contribution in [0.4, 0.5) is 9.52 Å². The third-order valence-corrected chi connectivity index (χ3v) is 6.27. The molecule has 31 heavy (non-hydrogen) atoms. The van der Waals surface area contributed by atoms with E-state index >= 15 is 0 Å². The number of hydrogen-bond donors (Lipinski definition) is 1. The minimum atomic E-state index is -0.398. The molecular formula is C23H20FN3O3S. The average Bonchev–Trinajstić information content (AvgIpc) is 3.23. The normalized spacial score (nSPS) is 12.9. The van der Waals surface area contributed by atoms with E-state index in [-0.39, 0.29) is 17.7 Å². The number of carbonyl (C=O) groups excluding carboxylic acids is 3. The highest BCUT2D eigenvalue weighted by Gasteiger charge is 2.34. The molecule has 8 heteroatoms. The van der Waals surface area contributed by atoms with E-state index < -0.39 is 5.82 Å². The molecule has 0 aliphatic carbocycles. The summed E-state index contributed by atoms with van der Waals surface area (Å²) in [6, 6.07) is 12.2. The smallest absolute Gasteiger partial charge is 0.261 e. The van der Waals surface area contributed by atoms with Gasteiger partial charge < -0.3 is 0 Å². The van der Waals surface area contributed by atoms with E-state index in [2.05, 4.69) is 10.3 Å². The Balaban J connectivity index is 1.29. The fourth-order valence-electron chi connectivity index (χ4n) is 3.48. The van der Waals surface area contributed by atoms with Gasteiger partial charge in [0.2, 0.25) is 0 Å². The quantitative estimate of drug-likeness (QED) is 0.437. The van der Waals surface area contributed by atoms with Crippen LogP contribution in [0.5, 0.6) is 0 Å². The zero-order valence-electron chi connectivity index (χ0n) is 16.9. The summed E-state index contributed by atoms with van der Waals surface area (Å²) in [6.45, 7) is 2.25. The summed E-state index contributed by atoms with van der Waals surface area (Å²) >= 11 is 1.39. The van der Waals surface area contributed by atoms with Crippen molar-refractivity contribution in [2.75, 3.05) is 11.9 Å². The number of imide groups is 1. The van der Waals surface area contributed by atoms with Gasteiger partial charge in [-0.3, -0.25) is 24.6 Å². The Morgan fingerprint density at radius 1 is 1.03 bits per heavy atom. The number of unbranched alkanes of at least 4 members (excludes halogenated alkanes) is 1. The second kappa shape index (κ2) is 8.77. The summed E-state index contributed by atoms with van der Waals surface area (Å²) in [6.07, 6.45) is 2.20. The van der Waals surface area contributed by atoms with Crippen molar-refractivity contribution in [3.63, 3.8) is 0 Å². The minimum absolute atomic E-state index is 0.236. The van der Waals surface area contributed by atoms with Crippen LogP contribution in [0.3, 0.4) is 0 Å². The first kappa shape index (κ1) is 20.9. The summed E-state index contributed by atoms with van der Waals surface area (Å²) in [5.74, 6) is -1.21. The number of halogens is 1. The highest BCUT2D eigenvalue weighted by atomic mass is 32.1. The van der Waals surface area contributed by atoms with Gasteiger partial charge in [0.25, 0.3) is 17.7 Å². The third-order valence-electron chi connectivity index (χ3n) is 5.13. The second-order valence-corrected chi connectivity index (χ2v) is 8.34. The number of thiazole rings is 1. The summed E-state index contributed by atoms with van der Waals surface area (Å²) in [5.41, 5.74) is 2.12. The number of rotatable bonds is 7. The molecule has 158 valence electrons. The van der Waals surface area contributed by atoms with Crippen molar-refractivity contribution in [2.45, 2.75) is 26.2 Å². The fraction of sp³-hybridized carbons (Fsp3) is 0.217. The number of hydrogen-bond acceptors (Lipinski definition) is 5. The van der Waals surface area contributed by atoms with Crippen molar-refractivity contribution in [1.82, 2.24) is 9.88 Å². The van der Waals surface area contributed by atoms with Crippen LogP contribution < -0.4 is 5.32 Å². The average molecular weight is 437 g/mol. The Kier molecular flexibility index (Phi) is 5.90. The monoisotopic (exact) mass is 437 g/mol. The summed E-state index contributed by atoms with van der Waals surface area (Å²) in [4.78, 5) is 43.8. The molecule has 6 nitrogen and oxygen atoms in total. The van der Waals surface area contributed by atoms with Gasteiger partial charge in [0.1, 0.15) is 5.82 Å². The van der Waals surface area contributed by atoms with Crippen molar-refractivity contribution < 1.29 is 18.8 Å². The molecule has 0 bridgehead atoms. The van der Waals surface area contributed by atoms with E-state index in [0.717, 1.165) is 23.4 Å². The molecule has 0 fully saturated rings. The molecule has 1 aromatic heterocycles. The van der Waals surface area contributed by atoms with Crippen LogP contribution in [0.2, 0.25) is 0 Å². The number of carbonyl (C=O) groups is 3. The molecule has 2 heterocycles. The first-order valence-electron chi connectivity index (χ1n) is 9.92. The number of benzene rings is 2. The summed E-state index contributed by atoms with van der Waals surface area (Å²) < 4.78 is 13.0. The molecule has 3 amide bonds.